The first-order valence-electron chi connectivity index (χ1n) is 8.30. The zero-order valence-corrected chi connectivity index (χ0v) is 13.1. The number of allylic oxidation sites excluding steroid dienone is 4. The lowest BCUT2D eigenvalue weighted by molar-refractivity contribution is -0.116. The molecule has 4 aliphatic carbocycles. The molecule has 0 saturated heterocycles. The minimum Gasteiger partial charge on any atom is -0.290 e. The van der Waals surface area contributed by atoms with E-state index < -0.39 is 0 Å². The van der Waals surface area contributed by atoms with Gasteiger partial charge in [0.05, 0.1) is 0 Å². The number of thiol groups is 1. The molecule has 0 amide bonds. The molecule has 0 heterocycles. The topological polar surface area (TPSA) is 34.1 Å². The Hall–Kier alpha value is -0.830. The van der Waals surface area contributed by atoms with E-state index in [0.717, 1.165) is 24.7 Å². The van der Waals surface area contributed by atoms with E-state index in [-0.39, 0.29) is 16.8 Å². The molecule has 6 unspecified atom stereocenters. The second-order valence-corrected chi connectivity index (χ2v) is 7.74. The molecule has 3 fully saturated rings. The molecule has 0 aromatic heterocycles. The maximum atomic E-state index is 11.7. The van der Waals surface area contributed by atoms with Gasteiger partial charge in [-0.15, -0.1) is 12.6 Å². The number of carbonyl (C=O) groups excluding carboxylic acids is 2. The van der Waals surface area contributed by atoms with Crippen LogP contribution in [-0.2, 0) is 9.59 Å². The van der Waals surface area contributed by atoms with Crippen LogP contribution in [0.2, 0.25) is 0 Å². The summed E-state index contributed by atoms with van der Waals surface area (Å²) in [5, 5.41) is 0.112. The molecule has 0 N–H and O–H groups in total. The van der Waals surface area contributed by atoms with Crippen LogP contribution in [0.15, 0.2) is 23.8 Å². The molecular formula is C18H22O2S. The third kappa shape index (κ3) is 2.16. The Bertz CT molecular complexity index is 547. The van der Waals surface area contributed by atoms with E-state index in [0.29, 0.717) is 17.8 Å². The van der Waals surface area contributed by atoms with E-state index in [1.54, 1.807) is 6.08 Å². The predicted molar refractivity (Wildman–Crippen MR) is 84.9 cm³/mol. The van der Waals surface area contributed by atoms with Gasteiger partial charge in [0.25, 0.3) is 0 Å². The van der Waals surface area contributed by atoms with Gasteiger partial charge in [0.2, 0.25) is 0 Å². The van der Waals surface area contributed by atoms with Crippen LogP contribution < -0.4 is 0 Å². The summed E-state index contributed by atoms with van der Waals surface area (Å²) in [6.07, 6.45) is 12.7. The van der Waals surface area contributed by atoms with Gasteiger partial charge in [0.1, 0.15) is 0 Å². The van der Waals surface area contributed by atoms with E-state index >= 15 is 0 Å². The smallest absolute Gasteiger partial charge is 0.189 e. The summed E-state index contributed by atoms with van der Waals surface area (Å²) in [6, 6.07) is 0. The standard InChI is InChI=1S/C18H22O2S/c19-11-2-4-12-10(9-11)1-3-14-13(12)5-6-16-15(14)7-8-17(16)18(20)21/h2,4,9,12-17H,1,3,5-8H2,(H,20,21). The van der Waals surface area contributed by atoms with Gasteiger partial charge in [0.15, 0.2) is 10.9 Å². The van der Waals surface area contributed by atoms with Gasteiger partial charge < -0.3 is 0 Å². The highest BCUT2D eigenvalue weighted by Crippen LogP contribution is 2.57. The van der Waals surface area contributed by atoms with E-state index in [4.69, 9.17) is 0 Å². The van der Waals surface area contributed by atoms with Gasteiger partial charge in [-0.25, -0.2) is 0 Å². The molecule has 3 saturated carbocycles. The van der Waals surface area contributed by atoms with E-state index in [9.17, 15) is 9.59 Å². The average molecular weight is 302 g/mol. The predicted octanol–water partition coefficient (Wildman–Crippen LogP) is 3.59. The number of hydrogen-bond donors (Lipinski definition) is 1. The zero-order chi connectivity index (χ0) is 14.6. The third-order valence-electron chi connectivity index (χ3n) is 6.58. The fraction of sp³-hybridized carbons (Fsp3) is 0.667. The second-order valence-electron chi connectivity index (χ2n) is 7.30. The Morgan fingerprint density at radius 1 is 1.00 bits per heavy atom. The van der Waals surface area contributed by atoms with Gasteiger partial charge in [0, 0.05) is 11.8 Å². The molecule has 21 heavy (non-hydrogen) atoms. The highest BCUT2D eigenvalue weighted by molar-refractivity contribution is 7.96. The first kappa shape index (κ1) is 13.8. The summed E-state index contributed by atoms with van der Waals surface area (Å²) >= 11 is 4.12. The number of carbonyl (C=O) groups is 2. The first-order valence-corrected chi connectivity index (χ1v) is 8.75. The summed E-state index contributed by atoms with van der Waals surface area (Å²) < 4.78 is 0. The molecule has 0 bridgehead atoms. The first-order chi connectivity index (χ1) is 10.1. The van der Waals surface area contributed by atoms with Crippen LogP contribution in [0.1, 0.15) is 38.5 Å². The van der Waals surface area contributed by atoms with Crippen LogP contribution in [0.5, 0.6) is 0 Å². The molecule has 4 rings (SSSR count). The van der Waals surface area contributed by atoms with Crippen LogP contribution >= 0.6 is 12.6 Å². The van der Waals surface area contributed by atoms with Crippen molar-refractivity contribution < 1.29 is 9.59 Å². The van der Waals surface area contributed by atoms with Crippen molar-refractivity contribution in [3.05, 3.63) is 23.8 Å². The molecule has 6 atom stereocenters. The van der Waals surface area contributed by atoms with E-state index in [2.05, 4.69) is 18.7 Å². The molecule has 0 spiro atoms. The monoisotopic (exact) mass is 302 g/mol. The number of fused-ring (bicyclic) bond motifs is 5. The highest BCUT2D eigenvalue weighted by Gasteiger charge is 2.50. The summed E-state index contributed by atoms with van der Waals surface area (Å²) in [7, 11) is 0. The van der Waals surface area contributed by atoms with Crippen molar-refractivity contribution in [2.24, 2.45) is 35.5 Å². The summed E-state index contributed by atoms with van der Waals surface area (Å²) in [6.45, 7) is 0. The van der Waals surface area contributed by atoms with Crippen molar-refractivity contribution >= 4 is 23.5 Å². The van der Waals surface area contributed by atoms with Crippen LogP contribution in [-0.4, -0.2) is 10.9 Å². The van der Waals surface area contributed by atoms with E-state index in [1.807, 2.05) is 6.08 Å². The summed E-state index contributed by atoms with van der Waals surface area (Å²) in [5.41, 5.74) is 1.36. The quantitative estimate of drug-likeness (QED) is 0.751. The van der Waals surface area contributed by atoms with Crippen molar-refractivity contribution in [3.8, 4) is 0 Å². The molecule has 0 aromatic carbocycles. The lowest BCUT2D eigenvalue weighted by Crippen LogP contribution is -2.41. The summed E-state index contributed by atoms with van der Waals surface area (Å²) in [4.78, 5) is 23.3. The Morgan fingerprint density at radius 2 is 1.71 bits per heavy atom. The van der Waals surface area contributed by atoms with Crippen molar-refractivity contribution in [3.63, 3.8) is 0 Å². The van der Waals surface area contributed by atoms with Crippen LogP contribution in [0.4, 0.5) is 0 Å². The SMILES string of the molecule is O=C1C=CC2C(=C1)CCC1C2CCC2C(C(=O)S)CCC21. The Labute approximate surface area is 131 Å². The Balaban J connectivity index is 1.59. The van der Waals surface area contributed by atoms with Crippen molar-refractivity contribution in [2.75, 3.05) is 0 Å². The molecule has 3 heteroatoms. The molecule has 112 valence electrons. The maximum Gasteiger partial charge on any atom is 0.189 e. The van der Waals surface area contributed by atoms with Crippen LogP contribution in [0.3, 0.4) is 0 Å². The minimum atomic E-state index is 0.112. The van der Waals surface area contributed by atoms with Crippen LogP contribution in [0.25, 0.3) is 0 Å². The second kappa shape index (κ2) is 5.12. The minimum absolute atomic E-state index is 0.112. The molecule has 0 radical (unpaired) electrons. The zero-order valence-electron chi connectivity index (χ0n) is 12.2. The Kier molecular flexibility index (Phi) is 3.36. The number of rotatable bonds is 1. The van der Waals surface area contributed by atoms with Gasteiger partial charge in [-0.05, 0) is 74.3 Å². The molecule has 0 aromatic rings. The summed E-state index contributed by atoms with van der Waals surface area (Å²) in [5.74, 6) is 3.61. The van der Waals surface area contributed by atoms with E-state index in [1.165, 1.54) is 31.3 Å². The lowest BCUT2D eigenvalue weighted by Gasteiger charge is -2.48. The fourth-order valence-electron chi connectivity index (χ4n) is 5.78. The highest BCUT2D eigenvalue weighted by atomic mass is 32.1. The molecule has 2 nitrogen and oxygen atoms in total. The number of ketones is 1. The molecule has 4 aliphatic rings. The van der Waals surface area contributed by atoms with Gasteiger partial charge in [-0.2, -0.15) is 0 Å². The maximum absolute atomic E-state index is 11.7. The normalized spacial score (nSPS) is 44.6. The van der Waals surface area contributed by atoms with Crippen LogP contribution in [0, 0.1) is 35.5 Å². The molecular weight excluding hydrogens is 280 g/mol. The van der Waals surface area contributed by atoms with Crippen molar-refractivity contribution in [1.29, 1.82) is 0 Å². The average Bonchev–Trinajstić information content (AvgIpc) is 2.90. The Morgan fingerprint density at radius 3 is 2.52 bits per heavy atom. The lowest BCUT2D eigenvalue weighted by atomic mass is 9.56. The number of hydrogen-bond acceptors (Lipinski definition) is 2. The van der Waals surface area contributed by atoms with Crippen molar-refractivity contribution in [1.82, 2.24) is 0 Å². The molecule has 0 aliphatic heterocycles. The largest absolute Gasteiger partial charge is 0.290 e. The van der Waals surface area contributed by atoms with Gasteiger partial charge in [-0.3, -0.25) is 9.59 Å². The van der Waals surface area contributed by atoms with Gasteiger partial charge >= 0.3 is 0 Å². The third-order valence-corrected chi connectivity index (χ3v) is 6.91. The fourth-order valence-corrected chi connectivity index (χ4v) is 6.10. The van der Waals surface area contributed by atoms with Crippen molar-refractivity contribution in [2.45, 2.75) is 38.5 Å². The van der Waals surface area contributed by atoms with Gasteiger partial charge in [-0.1, -0.05) is 11.6 Å².